The highest BCUT2D eigenvalue weighted by Crippen LogP contribution is 2.25. The van der Waals surface area contributed by atoms with Crippen molar-refractivity contribution in [3.05, 3.63) is 48.0 Å². The molecule has 28 heavy (non-hydrogen) atoms. The highest BCUT2D eigenvalue weighted by molar-refractivity contribution is 5.76. The lowest BCUT2D eigenvalue weighted by Crippen LogP contribution is -2.48. The number of carbonyl (C=O) groups excluding carboxylic acids is 1. The molecule has 5 nitrogen and oxygen atoms in total. The second-order valence-electron chi connectivity index (χ2n) is 7.70. The van der Waals surface area contributed by atoms with Gasteiger partial charge in [-0.3, -0.25) is 9.69 Å². The van der Waals surface area contributed by atoms with Crippen molar-refractivity contribution in [2.45, 2.75) is 32.8 Å². The third kappa shape index (κ3) is 5.91. The predicted molar refractivity (Wildman–Crippen MR) is 106 cm³/mol. The number of nitrogens with zero attached hydrogens (tertiary/aromatic N) is 1. The van der Waals surface area contributed by atoms with Crippen LogP contribution in [-0.4, -0.2) is 49.7 Å². The first-order valence-corrected chi connectivity index (χ1v) is 9.95. The molecule has 152 valence electrons. The monoisotopic (exact) mass is 388 g/mol. The summed E-state index contributed by atoms with van der Waals surface area (Å²) in [6, 6.07) is 10.0. The fraction of sp³-hybridized carbons (Fsp3) is 0.500. The van der Waals surface area contributed by atoms with Crippen LogP contribution in [0.2, 0.25) is 0 Å². The maximum absolute atomic E-state index is 13.8. The average molecular weight is 388 g/mol. The zero-order valence-corrected chi connectivity index (χ0v) is 16.6. The lowest BCUT2D eigenvalue weighted by molar-refractivity contribution is -0.122. The van der Waals surface area contributed by atoms with Crippen molar-refractivity contribution in [3.63, 3.8) is 0 Å². The molecule has 0 aliphatic carbocycles. The smallest absolute Gasteiger partial charge is 0.220 e. The summed E-state index contributed by atoms with van der Waals surface area (Å²) < 4.78 is 25.3. The normalized spacial score (nSPS) is 17.8. The predicted octanol–water partition coefficient (Wildman–Crippen LogP) is 3.49. The van der Waals surface area contributed by atoms with E-state index in [1.54, 1.807) is 30.3 Å². The average Bonchev–Trinajstić information content (AvgIpc) is 3.14. The molecule has 1 aliphatic heterocycles. The van der Waals surface area contributed by atoms with Gasteiger partial charge < -0.3 is 14.5 Å². The Morgan fingerprint density at radius 1 is 1.29 bits per heavy atom. The van der Waals surface area contributed by atoms with Gasteiger partial charge in [0, 0.05) is 39.0 Å². The summed E-state index contributed by atoms with van der Waals surface area (Å²) >= 11 is 0. The lowest BCUT2D eigenvalue weighted by Gasteiger charge is -2.33. The largest absolute Gasteiger partial charge is 0.461 e. The molecule has 2 heterocycles. The topological polar surface area (TPSA) is 54.7 Å². The van der Waals surface area contributed by atoms with Gasteiger partial charge in [-0.2, -0.15) is 0 Å². The van der Waals surface area contributed by atoms with Gasteiger partial charge in [-0.25, -0.2) is 4.39 Å². The lowest BCUT2D eigenvalue weighted by atomic mass is 10.1. The first kappa shape index (κ1) is 20.6. The van der Waals surface area contributed by atoms with Crippen molar-refractivity contribution in [1.29, 1.82) is 0 Å². The third-order valence-electron chi connectivity index (χ3n) is 4.77. The maximum Gasteiger partial charge on any atom is 0.220 e. The fourth-order valence-corrected chi connectivity index (χ4v) is 3.46. The highest BCUT2D eigenvalue weighted by atomic mass is 19.1. The third-order valence-corrected chi connectivity index (χ3v) is 4.77. The minimum Gasteiger partial charge on any atom is -0.461 e. The SMILES string of the molecule is CC(C)CN1CCO[C@H](CNC(=O)CCc2ccc(-c3ccccc3F)o2)C1. The molecule has 0 spiro atoms. The first-order chi connectivity index (χ1) is 13.5. The summed E-state index contributed by atoms with van der Waals surface area (Å²) in [5.74, 6) is 1.42. The van der Waals surface area contributed by atoms with Crippen molar-refractivity contribution in [2.75, 3.05) is 32.8 Å². The molecule has 1 fully saturated rings. The van der Waals surface area contributed by atoms with E-state index < -0.39 is 0 Å². The number of carbonyl (C=O) groups is 1. The summed E-state index contributed by atoms with van der Waals surface area (Å²) in [7, 11) is 0. The number of nitrogens with one attached hydrogen (secondary N) is 1. The van der Waals surface area contributed by atoms with E-state index in [0.29, 0.717) is 49.0 Å². The zero-order chi connectivity index (χ0) is 19.9. The van der Waals surface area contributed by atoms with Crippen molar-refractivity contribution in [3.8, 4) is 11.3 Å². The molecule has 0 saturated carbocycles. The Labute approximate surface area is 165 Å². The Balaban J connectivity index is 1.42. The Kier molecular flexibility index (Phi) is 7.23. The molecular formula is C22H29FN2O3. The molecule has 0 unspecified atom stereocenters. The summed E-state index contributed by atoms with van der Waals surface area (Å²) in [6.07, 6.45) is 0.838. The van der Waals surface area contributed by atoms with E-state index in [-0.39, 0.29) is 17.8 Å². The summed E-state index contributed by atoms with van der Waals surface area (Å²) in [5, 5.41) is 2.95. The van der Waals surface area contributed by atoms with Crippen LogP contribution in [0.3, 0.4) is 0 Å². The second kappa shape index (κ2) is 9.85. The maximum atomic E-state index is 13.8. The van der Waals surface area contributed by atoms with E-state index >= 15 is 0 Å². The minimum absolute atomic E-state index is 0.0339. The molecule has 1 aliphatic rings. The minimum atomic E-state index is -0.319. The molecule has 6 heteroatoms. The van der Waals surface area contributed by atoms with Crippen LogP contribution >= 0.6 is 0 Å². The van der Waals surface area contributed by atoms with Gasteiger partial charge in [0.1, 0.15) is 17.3 Å². The van der Waals surface area contributed by atoms with Gasteiger partial charge in [0.05, 0.1) is 18.3 Å². The highest BCUT2D eigenvalue weighted by Gasteiger charge is 2.21. The first-order valence-electron chi connectivity index (χ1n) is 9.95. The number of benzene rings is 1. The number of hydrogen-bond acceptors (Lipinski definition) is 4. The van der Waals surface area contributed by atoms with E-state index in [1.807, 2.05) is 0 Å². The van der Waals surface area contributed by atoms with Gasteiger partial charge in [-0.1, -0.05) is 26.0 Å². The molecule has 0 bridgehead atoms. The number of rotatable bonds is 8. The number of amides is 1. The zero-order valence-electron chi connectivity index (χ0n) is 16.6. The van der Waals surface area contributed by atoms with Crippen molar-refractivity contribution in [1.82, 2.24) is 10.2 Å². The Morgan fingerprint density at radius 2 is 2.11 bits per heavy atom. The van der Waals surface area contributed by atoms with Crippen LogP contribution < -0.4 is 5.32 Å². The van der Waals surface area contributed by atoms with Crippen LogP contribution in [0.15, 0.2) is 40.8 Å². The number of halogens is 1. The Morgan fingerprint density at radius 3 is 2.89 bits per heavy atom. The van der Waals surface area contributed by atoms with E-state index in [4.69, 9.17) is 9.15 Å². The number of hydrogen-bond donors (Lipinski definition) is 1. The molecule has 1 aromatic carbocycles. The molecule has 3 rings (SSSR count). The Bertz CT molecular complexity index is 775. The van der Waals surface area contributed by atoms with Gasteiger partial charge in [-0.05, 0) is 30.2 Å². The van der Waals surface area contributed by atoms with Gasteiger partial charge in [-0.15, -0.1) is 0 Å². The Hall–Kier alpha value is -2.18. The quantitative estimate of drug-likeness (QED) is 0.752. The van der Waals surface area contributed by atoms with Crippen LogP contribution in [0.25, 0.3) is 11.3 Å². The van der Waals surface area contributed by atoms with E-state index in [0.717, 1.165) is 19.6 Å². The molecule has 1 saturated heterocycles. The molecule has 1 N–H and O–H groups in total. The summed E-state index contributed by atoms with van der Waals surface area (Å²) in [6.45, 7) is 8.49. The van der Waals surface area contributed by atoms with E-state index in [1.165, 1.54) is 6.07 Å². The summed E-state index contributed by atoms with van der Waals surface area (Å²) in [5.41, 5.74) is 0.429. The molecule has 1 aromatic heterocycles. The van der Waals surface area contributed by atoms with Gasteiger partial charge in [0.2, 0.25) is 5.91 Å². The van der Waals surface area contributed by atoms with Crippen LogP contribution in [0.5, 0.6) is 0 Å². The molecule has 0 radical (unpaired) electrons. The van der Waals surface area contributed by atoms with Crippen LogP contribution in [-0.2, 0) is 16.0 Å². The number of aryl methyl sites for hydroxylation is 1. The van der Waals surface area contributed by atoms with Crippen LogP contribution in [0, 0.1) is 11.7 Å². The molecule has 1 amide bonds. The summed E-state index contributed by atoms with van der Waals surface area (Å²) in [4.78, 5) is 14.6. The van der Waals surface area contributed by atoms with Crippen molar-refractivity contribution in [2.24, 2.45) is 5.92 Å². The molecule has 1 atom stereocenters. The van der Waals surface area contributed by atoms with E-state index in [9.17, 15) is 9.18 Å². The standard InChI is InChI=1S/C22H29FN2O3/c1-16(2)14-25-11-12-27-18(15-25)13-24-22(26)10-8-17-7-9-21(28-17)19-5-3-4-6-20(19)23/h3-7,9,16,18H,8,10-15H2,1-2H3,(H,24,26)/t18-/m1/s1. The second-order valence-corrected chi connectivity index (χ2v) is 7.70. The van der Waals surface area contributed by atoms with Gasteiger partial charge in [0.25, 0.3) is 0 Å². The number of furan rings is 1. The van der Waals surface area contributed by atoms with Crippen molar-refractivity contribution >= 4 is 5.91 Å². The van der Waals surface area contributed by atoms with E-state index in [2.05, 4.69) is 24.1 Å². The van der Waals surface area contributed by atoms with Gasteiger partial charge in [0.15, 0.2) is 0 Å². The number of ether oxygens (including phenoxy) is 1. The fourth-order valence-electron chi connectivity index (χ4n) is 3.46. The number of morpholine rings is 1. The van der Waals surface area contributed by atoms with Crippen LogP contribution in [0.4, 0.5) is 4.39 Å². The van der Waals surface area contributed by atoms with Gasteiger partial charge >= 0.3 is 0 Å². The molecular weight excluding hydrogens is 359 g/mol. The van der Waals surface area contributed by atoms with Crippen molar-refractivity contribution < 1.29 is 18.3 Å². The molecule has 2 aromatic rings. The van der Waals surface area contributed by atoms with Crippen LogP contribution in [0.1, 0.15) is 26.0 Å².